The van der Waals surface area contributed by atoms with Gasteiger partial charge in [0.05, 0.1) is 0 Å². The summed E-state index contributed by atoms with van der Waals surface area (Å²) < 4.78 is 11.1. The first-order chi connectivity index (χ1) is 12.9. The average Bonchev–Trinajstić information content (AvgIpc) is 2.67. The van der Waals surface area contributed by atoms with Crippen LogP contribution in [0, 0.1) is 13.8 Å². The molecule has 6 heteroatoms. The van der Waals surface area contributed by atoms with Crippen LogP contribution in [-0.4, -0.2) is 24.5 Å². The maximum Gasteiger partial charge on any atom is 0.279 e. The van der Waals surface area contributed by atoms with E-state index in [2.05, 4.69) is 17.4 Å². The van der Waals surface area contributed by atoms with Crippen LogP contribution in [0.2, 0.25) is 0 Å². The zero-order valence-electron chi connectivity index (χ0n) is 15.7. The average molecular weight is 368 g/mol. The summed E-state index contributed by atoms with van der Waals surface area (Å²) in [6, 6.07) is 12.3. The fourth-order valence-corrected chi connectivity index (χ4v) is 2.37. The number of hydrogen-bond acceptors (Lipinski definition) is 4. The Bertz CT molecular complexity index is 795. The molecule has 2 aromatic rings. The normalized spacial score (nSPS) is 11.2. The molecule has 6 nitrogen and oxygen atoms in total. The number of hydrazine groups is 1. The number of rotatable bonds is 7. The number of amides is 2. The lowest BCUT2D eigenvalue weighted by Crippen LogP contribution is -2.47. The number of para-hydroxylation sites is 1. The Morgan fingerprint density at radius 2 is 1.70 bits per heavy atom. The Morgan fingerprint density at radius 3 is 2.30 bits per heavy atom. The van der Waals surface area contributed by atoms with Gasteiger partial charge in [-0.05, 0) is 56.2 Å². The maximum atomic E-state index is 12.2. The molecular weight excluding hydrogens is 344 g/mol. The number of benzene rings is 2. The molecule has 0 bridgehead atoms. The SMILES string of the molecule is C=CCOc1ccc(C(=O)NNC(=O)C(C)Oc2c(C)cccc2C)cc1. The predicted molar refractivity (Wildman–Crippen MR) is 104 cm³/mol. The summed E-state index contributed by atoms with van der Waals surface area (Å²) in [5, 5.41) is 0. The molecule has 0 fully saturated rings. The molecule has 0 saturated carbocycles. The van der Waals surface area contributed by atoms with E-state index >= 15 is 0 Å². The van der Waals surface area contributed by atoms with Crippen LogP contribution in [0.25, 0.3) is 0 Å². The molecule has 0 saturated heterocycles. The van der Waals surface area contributed by atoms with Gasteiger partial charge in [-0.25, -0.2) is 0 Å². The summed E-state index contributed by atoms with van der Waals surface area (Å²) in [6.45, 7) is 9.41. The molecule has 27 heavy (non-hydrogen) atoms. The summed E-state index contributed by atoms with van der Waals surface area (Å²) in [6.07, 6.45) is 0.873. The molecule has 0 aliphatic heterocycles. The van der Waals surface area contributed by atoms with Gasteiger partial charge in [0.2, 0.25) is 0 Å². The molecule has 0 aromatic heterocycles. The van der Waals surface area contributed by atoms with E-state index in [0.717, 1.165) is 11.1 Å². The van der Waals surface area contributed by atoms with Gasteiger partial charge in [0, 0.05) is 5.56 Å². The van der Waals surface area contributed by atoms with Gasteiger partial charge in [-0.15, -0.1) is 0 Å². The summed E-state index contributed by atoms with van der Waals surface area (Å²) >= 11 is 0. The van der Waals surface area contributed by atoms with Gasteiger partial charge >= 0.3 is 0 Å². The predicted octanol–water partition coefficient (Wildman–Crippen LogP) is 3.10. The Morgan fingerprint density at radius 1 is 1.07 bits per heavy atom. The molecule has 0 spiro atoms. The molecule has 142 valence electrons. The minimum Gasteiger partial charge on any atom is -0.490 e. The molecule has 0 aliphatic rings. The lowest BCUT2D eigenvalue weighted by Gasteiger charge is -2.18. The van der Waals surface area contributed by atoms with Crippen molar-refractivity contribution in [3.8, 4) is 11.5 Å². The van der Waals surface area contributed by atoms with E-state index in [1.165, 1.54) is 0 Å². The first-order valence-corrected chi connectivity index (χ1v) is 8.59. The second kappa shape index (κ2) is 9.43. The molecule has 1 atom stereocenters. The van der Waals surface area contributed by atoms with Crippen molar-refractivity contribution in [2.45, 2.75) is 26.9 Å². The Labute approximate surface area is 159 Å². The van der Waals surface area contributed by atoms with Crippen LogP contribution in [0.1, 0.15) is 28.4 Å². The third-order valence-corrected chi connectivity index (χ3v) is 3.86. The van der Waals surface area contributed by atoms with Crippen molar-refractivity contribution in [1.82, 2.24) is 10.9 Å². The van der Waals surface area contributed by atoms with Gasteiger partial charge < -0.3 is 9.47 Å². The second-order valence-electron chi connectivity index (χ2n) is 6.05. The molecule has 2 aromatic carbocycles. The molecule has 2 rings (SSSR count). The highest BCUT2D eigenvalue weighted by Gasteiger charge is 2.17. The van der Waals surface area contributed by atoms with Crippen molar-refractivity contribution >= 4 is 11.8 Å². The van der Waals surface area contributed by atoms with Crippen LogP contribution >= 0.6 is 0 Å². The number of carbonyl (C=O) groups excluding carboxylic acids is 2. The van der Waals surface area contributed by atoms with Crippen molar-refractivity contribution < 1.29 is 19.1 Å². The molecule has 2 N–H and O–H groups in total. The third kappa shape index (κ3) is 5.60. The molecule has 2 amide bonds. The van der Waals surface area contributed by atoms with Gasteiger partial charge in [-0.1, -0.05) is 30.9 Å². The van der Waals surface area contributed by atoms with E-state index in [-0.39, 0.29) is 0 Å². The number of ether oxygens (including phenoxy) is 2. The summed E-state index contributed by atoms with van der Waals surface area (Å²) in [5.41, 5.74) is 7.04. The molecule has 0 aliphatic carbocycles. The Kier molecular flexibility index (Phi) is 7.00. The minimum absolute atomic E-state index is 0.389. The van der Waals surface area contributed by atoms with Crippen molar-refractivity contribution in [3.63, 3.8) is 0 Å². The zero-order chi connectivity index (χ0) is 19.8. The molecule has 1 unspecified atom stereocenters. The van der Waals surface area contributed by atoms with Crippen molar-refractivity contribution in [1.29, 1.82) is 0 Å². The van der Waals surface area contributed by atoms with Crippen LogP contribution in [0.3, 0.4) is 0 Å². The smallest absolute Gasteiger partial charge is 0.279 e. The second-order valence-corrected chi connectivity index (χ2v) is 6.05. The number of aryl methyl sites for hydroxylation is 2. The first kappa shape index (κ1) is 20.0. The fourth-order valence-electron chi connectivity index (χ4n) is 2.37. The first-order valence-electron chi connectivity index (χ1n) is 8.59. The number of nitrogens with one attached hydrogen (secondary N) is 2. The molecule has 0 radical (unpaired) electrons. The molecular formula is C21H24N2O4. The van der Waals surface area contributed by atoms with Gasteiger partial charge in [0.15, 0.2) is 6.10 Å². The van der Waals surface area contributed by atoms with E-state index in [0.29, 0.717) is 23.7 Å². The Hall–Kier alpha value is -3.28. The van der Waals surface area contributed by atoms with Crippen LogP contribution in [0.5, 0.6) is 11.5 Å². The monoisotopic (exact) mass is 368 g/mol. The highest BCUT2D eigenvalue weighted by molar-refractivity contribution is 5.95. The van der Waals surface area contributed by atoms with Gasteiger partial charge in [-0.2, -0.15) is 0 Å². The summed E-state index contributed by atoms with van der Waals surface area (Å²) in [5.74, 6) is 0.419. The van der Waals surface area contributed by atoms with Gasteiger partial charge in [0.1, 0.15) is 18.1 Å². The molecule has 0 heterocycles. The fraction of sp³-hybridized carbons (Fsp3) is 0.238. The van der Waals surface area contributed by atoms with Crippen LogP contribution in [0.15, 0.2) is 55.1 Å². The topological polar surface area (TPSA) is 76.7 Å². The van der Waals surface area contributed by atoms with E-state index in [1.54, 1.807) is 37.3 Å². The number of carbonyl (C=O) groups is 2. The summed E-state index contributed by atoms with van der Waals surface area (Å²) in [4.78, 5) is 24.3. The highest BCUT2D eigenvalue weighted by atomic mass is 16.5. The van der Waals surface area contributed by atoms with Crippen LogP contribution < -0.4 is 20.3 Å². The van der Waals surface area contributed by atoms with Crippen molar-refractivity contribution in [3.05, 3.63) is 71.8 Å². The van der Waals surface area contributed by atoms with Crippen LogP contribution in [-0.2, 0) is 4.79 Å². The standard InChI is InChI=1S/C21H24N2O4/c1-5-13-26-18-11-9-17(10-12-18)21(25)23-22-20(24)16(4)27-19-14(2)7-6-8-15(19)3/h5-12,16H,1,13H2,2-4H3,(H,22,24)(H,23,25). The zero-order valence-corrected chi connectivity index (χ0v) is 15.7. The largest absolute Gasteiger partial charge is 0.490 e. The minimum atomic E-state index is -0.764. The highest BCUT2D eigenvalue weighted by Crippen LogP contribution is 2.23. The summed E-state index contributed by atoms with van der Waals surface area (Å²) in [7, 11) is 0. The van der Waals surface area contributed by atoms with E-state index < -0.39 is 17.9 Å². The number of hydrogen-bond donors (Lipinski definition) is 2. The third-order valence-electron chi connectivity index (χ3n) is 3.86. The van der Waals surface area contributed by atoms with E-state index in [4.69, 9.17) is 9.47 Å². The van der Waals surface area contributed by atoms with Gasteiger partial charge in [0.25, 0.3) is 11.8 Å². The van der Waals surface area contributed by atoms with E-state index in [9.17, 15) is 9.59 Å². The van der Waals surface area contributed by atoms with Crippen LogP contribution in [0.4, 0.5) is 0 Å². The van der Waals surface area contributed by atoms with Gasteiger partial charge in [-0.3, -0.25) is 20.4 Å². The van der Waals surface area contributed by atoms with Crippen molar-refractivity contribution in [2.24, 2.45) is 0 Å². The van der Waals surface area contributed by atoms with E-state index in [1.807, 2.05) is 32.0 Å². The Balaban J connectivity index is 1.88. The lowest BCUT2D eigenvalue weighted by molar-refractivity contribution is -0.128. The lowest BCUT2D eigenvalue weighted by atomic mass is 10.1. The maximum absolute atomic E-state index is 12.2. The quantitative estimate of drug-likeness (QED) is 0.582. The van der Waals surface area contributed by atoms with Crippen molar-refractivity contribution in [2.75, 3.05) is 6.61 Å².